The first kappa shape index (κ1) is 9.09. The van der Waals surface area contributed by atoms with E-state index in [1.54, 1.807) is 0 Å². The Bertz CT molecular complexity index is 93.0. The highest BCUT2D eigenvalue weighted by molar-refractivity contribution is 6.76. The quantitative estimate of drug-likeness (QED) is 0.588. The van der Waals surface area contributed by atoms with Gasteiger partial charge in [-0.1, -0.05) is 5.70 Å². The Balaban J connectivity index is 3.45. The van der Waals surface area contributed by atoms with Crippen molar-refractivity contribution in [3.8, 4) is 0 Å². The van der Waals surface area contributed by atoms with E-state index >= 15 is 0 Å². The van der Waals surface area contributed by atoms with Crippen LogP contribution in [-0.2, 0) is 4.43 Å². The Morgan fingerprint density at radius 3 is 2.67 bits per heavy atom. The van der Waals surface area contributed by atoms with E-state index in [1.807, 2.05) is 5.70 Å². The van der Waals surface area contributed by atoms with Gasteiger partial charge in [-0.3, -0.25) is 0 Å². The molecule has 0 heterocycles. The normalized spacial score (nSPS) is 12.8. The van der Waals surface area contributed by atoms with Gasteiger partial charge in [-0.05, 0) is 13.1 Å². The van der Waals surface area contributed by atoms with Gasteiger partial charge >= 0.3 is 0 Å². The second-order valence-electron chi connectivity index (χ2n) is 2.38. The van der Waals surface area contributed by atoms with E-state index in [4.69, 9.17) is 9.22 Å². The average Bonchev–Trinajstić information content (AvgIpc) is 1.84. The van der Waals surface area contributed by atoms with Crippen molar-refractivity contribution in [2.45, 2.75) is 13.1 Å². The summed E-state index contributed by atoms with van der Waals surface area (Å²) in [7, 11) is -2.47. The molecule has 0 unspecified atom stereocenters. The first-order valence-electron chi connectivity index (χ1n) is 3.01. The SMILES string of the molecule is C=C[Si](C)(C)OC[SiH2]O. The maximum atomic E-state index is 8.53. The summed E-state index contributed by atoms with van der Waals surface area (Å²) in [5, 5.41) is 0. The summed E-state index contributed by atoms with van der Waals surface area (Å²) in [6, 6.07) is 0. The van der Waals surface area contributed by atoms with Crippen LogP contribution in [0.2, 0.25) is 13.1 Å². The lowest BCUT2D eigenvalue weighted by atomic mass is 11.3. The molecule has 1 N–H and O–H groups in total. The molecule has 0 aliphatic carbocycles. The molecule has 54 valence electrons. The van der Waals surface area contributed by atoms with Gasteiger partial charge in [0.2, 0.25) is 8.32 Å². The van der Waals surface area contributed by atoms with E-state index in [0.29, 0.717) is 6.23 Å². The molecular formula is C5H14O2Si2. The minimum Gasteiger partial charge on any atom is -0.436 e. The topological polar surface area (TPSA) is 29.5 Å². The number of hydrogen-bond acceptors (Lipinski definition) is 2. The Kier molecular flexibility index (Phi) is 4.04. The summed E-state index contributed by atoms with van der Waals surface area (Å²) in [6.07, 6.45) is 0.575. The molecule has 2 nitrogen and oxygen atoms in total. The Labute approximate surface area is 59.6 Å². The molecule has 0 saturated carbocycles. The minimum atomic E-state index is -1.56. The molecule has 0 aromatic carbocycles. The molecule has 0 spiro atoms. The molecule has 0 amide bonds. The monoisotopic (exact) mass is 162 g/mol. The molecule has 0 bridgehead atoms. The summed E-state index contributed by atoms with van der Waals surface area (Å²) in [6.45, 7) is 7.77. The molecule has 0 rings (SSSR count). The van der Waals surface area contributed by atoms with Gasteiger partial charge in [-0.2, -0.15) is 0 Å². The van der Waals surface area contributed by atoms with E-state index < -0.39 is 18.1 Å². The average molecular weight is 162 g/mol. The fraction of sp³-hybridized carbons (Fsp3) is 0.600. The summed E-state index contributed by atoms with van der Waals surface area (Å²) in [4.78, 5) is 8.53. The summed E-state index contributed by atoms with van der Waals surface area (Å²) >= 11 is 0. The molecule has 4 heteroatoms. The van der Waals surface area contributed by atoms with Gasteiger partial charge in [0.05, 0.1) is 0 Å². The highest BCUT2D eigenvalue weighted by Gasteiger charge is 2.15. The standard InChI is InChI=1S/C5H14O2Si2/c1-4-9(2,3)7-5-8-6/h4,6H,1,5,8H2,2-3H3. The molecule has 0 radical (unpaired) electrons. The van der Waals surface area contributed by atoms with E-state index in [2.05, 4.69) is 19.7 Å². The zero-order chi connectivity index (χ0) is 7.33. The van der Waals surface area contributed by atoms with Gasteiger partial charge in [-0.25, -0.2) is 0 Å². The van der Waals surface area contributed by atoms with Crippen molar-refractivity contribution in [1.82, 2.24) is 0 Å². The zero-order valence-electron chi connectivity index (χ0n) is 6.05. The lowest BCUT2D eigenvalue weighted by Crippen LogP contribution is -2.29. The maximum Gasteiger partial charge on any atom is 0.210 e. The van der Waals surface area contributed by atoms with Gasteiger partial charge in [0.15, 0.2) is 9.76 Å². The van der Waals surface area contributed by atoms with Crippen molar-refractivity contribution in [2.75, 3.05) is 6.23 Å². The van der Waals surface area contributed by atoms with Crippen LogP contribution in [-0.4, -0.2) is 29.1 Å². The fourth-order valence-corrected chi connectivity index (χ4v) is 2.96. The van der Waals surface area contributed by atoms with Gasteiger partial charge < -0.3 is 9.22 Å². The minimum absolute atomic E-state index is 0.575. The first-order chi connectivity index (χ1) is 4.12. The van der Waals surface area contributed by atoms with E-state index in [1.165, 1.54) is 0 Å². The van der Waals surface area contributed by atoms with Gasteiger partial charge in [0, 0.05) is 6.23 Å². The van der Waals surface area contributed by atoms with Crippen LogP contribution in [0.25, 0.3) is 0 Å². The Morgan fingerprint density at radius 1 is 1.78 bits per heavy atom. The van der Waals surface area contributed by atoms with Crippen LogP contribution in [0, 0.1) is 0 Å². The predicted octanol–water partition coefficient (Wildman–Crippen LogP) is -0.0331. The van der Waals surface area contributed by atoms with Crippen LogP contribution in [0.5, 0.6) is 0 Å². The molecule has 9 heavy (non-hydrogen) atoms. The number of rotatable bonds is 4. The van der Waals surface area contributed by atoms with Gasteiger partial charge in [0.1, 0.15) is 0 Å². The van der Waals surface area contributed by atoms with Crippen LogP contribution in [0.1, 0.15) is 0 Å². The zero-order valence-corrected chi connectivity index (χ0v) is 8.47. The van der Waals surface area contributed by atoms with Crippen molar-refractivity contribution < 1.29 is 9.22 Å². The van der Waals surface area contributed by atoms with E-state index in [9.17, 15) is 0 Å². The summed E-state index contributed by atoms with van der Waals surface area (Å²) < 4.78 is 5.36. The Hall–Kier alpha value is 0.0938. The van der Waals surface area contributed by atoms with Crippen LogP contribution in [0.15, 0.2) is 12.3 Å². The molecule has 0 aliphatic heterocycles. The number of hydrogen-bond donors (Lipinski definition) is 1. The van der Waals surface area contributed by atoms with Gasteiger partial charge in [-0.15, -0.1) is 6.58 Å². The van der Waals surface area contributed by atoms with Crippen molar-refractivity contribution in [3.05, 3.63) is 12.3 Å². The molecule has 0 atom stereocenters. The van der Waals surface area contributed by atoms with E-state index in [-0.39, 0.29) is 0 Å². The third-order valence-corrected chi connectivity index (χ3v) is 3.78. The molecular weight excluding hydrogens is 148 g/mol. The lowest BCUT2D eigenvalue weighted by molar-refractivity contribution is 0.365. The van der Waals surface area contributed by atoms with Crippen LogP contribution >= 0.6 is 0 Å². The highest BCUT2D eigenvalue weighted by atomic mass is 28.4. The third-order valence-electron chi connectivity index (χ3n) is 1.06. The molecule has 0 aliphatic rings. The van der Waals surface area contributed by atoms with Crippen molar-refractivity contribution in [1.29, 1.82) is 0 Å². The van der Waals surface area contributed by atoms with Crippen LogP contribution in [0.4, 0.5) is 0 Å². The maximum absolute atomic E-state index is 8.53. The second-order valence-corrected chi connectivity index (χ2v) is 7.14. The molecule has 0 aromatic heterocycles. The second kappa shape index (κ2) is 4.00. The smallest absolute Gasteiger partial charge is 0.210 e. The van der Waals surface area contributed by atoms with Crippen LogP contribution < -0.4 is 0 Å². The van der Waals surface area contributed by atoms with Gasteiger partial charge in [0.25, 0.3) is 0 Å². The summed E-state index contributed by atoms with van der Waals surface area (Å²) in [5.74, 6) is 0. The lowest BCUT2D eigenvalue weighted by Gasteiger charge is -2.16. The summed E-state index contributed by atoms with van der Waals surface area (Å²) in [5.41, 5.74) is 1.87. The highest BCUT2D eigenvalue weighted by Crippen LogP contribution is 2.02. The fourth-order valence-electron chi connectivity index (χ4n) is 0.368. The van der Waals surface area contributed by atoms with Crippen molar-refractivity contribution in [2.24, 2.45) is 0 Å². The molecule has 0 aromatic rings. The van der Waals surface area contributed by atoms with Crippen LogP contribution in [0.3, 0.4) is 0 Å². The van der Waals surface area contributed by atoms with E-state index in [0.717, 1.165) is 0 Å². The van der Waals surface area contributed by atoms with Crippen molar-refractivity contribution in [3.63, 3.8) is 0 Å². The first-order valence-corrected chi connectivity index (χ1v) is 7.62. The Morgan fingerprint density at radius 2 is 2.33 bits per heavy atom. The molecule has 0 fully saturated rings. The van der Waals surface area contributed by atoms with Crippen molar-refractivity contribution >= 4 is 18.1 Å². The largest absolute Gasteiger partial charge is 0.436 e. The molecule has 0 saturated heterocycles. The predicted molar refractivity (Wildman–Crippen MR) is 44.4 cm³/mol. The third kappa shape index (κ3) is 4.59.